The lowest BCUT2D eigenvalue weighted by Crippen LogP contribution is -2.35. The molecule has 1 aromatic carbocycles. The number of hydrogen-bond acceptors (Lipinski definition) is 7. The number of carbonyl (C=O) groups excluding carboxylic acids is 1. The molecular weight excluding hydrogens is 480 g/mol. The van der Waals surface area contributed by atoms with Crippen LogP contribution in [0.4, 0.5) is 32.2 Å². The predicted molar refractivity (Wildman–Crippen MR) is 99.2 cm³/mol. The van der Waals surface area contributed by atoms with Crippen molar-refractivity contribution in [1.82, 2.24) is 15.3 Å². The van der Waals surface area contributed by atoms with E-state index in [9.17, 15) is 39.6 Å². The standard InChI is InChI=1S/C18H13F6N5O3S/c19-17(20,21)10-3-1-2-4-12(10)33(31,32)9-5-11(26-8-9)16(30)29-14-6-13(18(22,23)24)27-15(7-25)28-14/h1-4,6,9,11,26H,5,8H2,(H,27,28,29,30)/t9-,11?/m0/s1. The second-order valence-electron chi connectivity index (χ2n) is 6.92. The molecule has 1 unspecified atom stereocenters. The molecule has 176 valence electrons. The summed E-state index contributed by atoms with van der Waals surface area (Å²) in [5.74, 6) is -2.48. The molecule has 1 aliphatic heterocycles. The van der Waals surface area contributed by atoms with Crippen LogP contribution < -0.4 is 10.6 Å². The lowest BCUT2D eigenvalue weighted by Gasteiger charge is -2.16. The summed E-state index contributed by atoms with van der Waals surface area (Å²) in [5.41, 5.74) is -2.82. The molecule has 1 aromatic heterocycles. The number of hydrogen-bond donors (Lipinski definition) is 2. The largest absolute Gasteiger partial charge is 0.433 e. The average molecular weight is 493 g/mol. The van der Waals surface area contributed by atoms with Gasteiger partial charge in [-0.2, -0.15) is 31.6 Å². The van der Waals surface area contributed by atoms with Gasteiger partial charge in [-0.25, -0.2) is 18.4 Å². The van der Waals surface area contributed by atoms with Crippen molar-refractivity contribution < 1.29 is 39.6 Å². The van der Waals surface area contributed by atoms with Crippen LogP contribution in [0.1, 0.15) is 23.5 Å². The Morgan fingerprint density at radius 1 is 1.12 bits per heavy atom. The fraction of sp³-hybridized carbons (Fsp3) is 0.333. The highest BCUT2D eigenvalue weighted by molar-refractivity contribution is 7.92. The van der Waals surface area contributed by atoms with Crippen molar-refractivity contribution in [2.75, 3.05) is 11.9 Å². The summed E-state index contributed by atoms with van der Waals surface area (Å²) >= 11 is 0. The van der Waals surface area contributed by atoms with Gasteiger partial charge in [0.05, 0.1) is 21.8 Å². The van der Waals surface area contributed by atoms with E-state index in [2.05, 4.69) is 15.3 Å². The van der Waals surface area contributed by atoms with E-state index in [1.54, 1.807) is 0 Å². The second kappa shape index (κ2) is 8.60. The van der Waals surface area contributed by atoms with Crippen molar-refractivity contribution in [3.05, 3.63) is 47.4 Å². The van der Waals surface area contributed by atoms with E-state index >= 15 is 0 Å². The van der Waals surface area contributed by atoms with Gasteiger partial charge in [0.2, 0.25) is 11.7 Å². The molecule has 0 radical (unpaired) electrons. The van der Waals surface area contributed by atoms with E-state index in [-0.39, 0.29) is 6.54 Å². The highest BCUT2D eigenvalue weighted by Gasteiger charge is 2.43. The first-order chi connectivity index (χ1) is 15.2. The number of rotatable bonds is 4. The maximum Gasteiger partial charge on any atom is 0.433 e. The molecule has 33 heavy (non-hydrogen) atoms. The molecule has 1 fully saturated rings. The number of anilines is 1. The molecule has 0 saturated carbocycles. The van der Waals surface area contributed by atoms with E-state index in [1.165, 1.54) is 6.07 Å². The van der Waals surface area contributed by atoms with E-state index in [1.807, 2.05) is 5.32 Å². The van der Waals surface area contributed by atoms with E-state index in [4.69, 9.17) is 5.26 Å². The molecule has 8 nitrogen and oxygen atoms in total. The number of nitriles is 1. The molecule has 2 heterocycles. The summed E-state index contributed by atoms with van der Waals surface area (Å²) in [4.78, 5) is 18.0. The Kier molecular flexibility index (Phi) is 6.35. The van der Waals surface area contributed by atoms with Crippen LogP contribution in [0.3, 0.4) is 0 Å². The van der Waals surface area contributed by atoms with Crippen LogP contribution in [-0.2, 0) is 27.0 Å². The van der Waals surface area contributed by atoms with Crippen molar-refractivity contribution in [2.24, 2.45) is 0 Å². The average Bonchev–Trinajstić information content (AvgIpc) is 3.23. The van der Waals surface area contributed by atoms with Crippen LogP contribution in [0.15, 0.2) is 35.2 Å². The van der Waals surface area contributed by atoms with Crippen molar-refractivity contribution in [2.45, 2.75) is 35.0 Å². The van der Waals surface area contributed by atoms with Crippen molar-refractivity contribution in [1.29, 1.82) is 5.26 Å². The summed E-state index contributed by atoms with van der Waals surface area (Å²) in [5, 5.41) is 12.0. The number of aromatic nitrogens is 2. The zero-order chi connectivity index (χ0) is 24.6. The third-order valence-corrected chi connectivity index (χ3v) is 6.92. The number of nitrogens with zero attached hydrogens (tertiary/aromatic N) is 3. The molecule has 2 N–H and O–H groups in total. The van der Waals surface area contributed by atoms with Crippen LogP contribution in [0.5, 0.6) is 0 Å². The quantitative estimate of drug-likeness (QED) is 0.627. The smallest absolute Gasteiger partial charge is 0.309 e. The number of benzene rings is 1. The Morgan fingerprint density at radius 3 is 2.39 bits per heavy atom. The predicted octanol–water partition coefficient (Wildman–Crippen LogP) is 2.53. The van der Waals surface area contributed by atoms with E-state index in [0.717, 1.165) is 18.2 Å². The molecule has 3 rings (SSSR count). The summed E-state index contributed by atoms with van der Waals surface area (Å²) in [6.45, 7) is -0.367. The molecular formula is C18H13F6N5O3S. The molecule has 2 atom stereocenters. The van der Waals surface area contributed by atoms with Crippen LogP contribution >= 0.6 is 0 Å². The number of alkyl halides is 6. The number of sulfone groups is 1. The zero-order valence-corrected chi connectivity index (χ0v) is 17.0. The Hall–Kier alpha value is -3.25. The Labute approximate surface area is 182 Å². The third kappa shape index (κ3) is 5.22. The topological polar surface area (TPSA) is 125 Å². The normalized spacial score (nSPS) is 19.2. The van der Waals surface area contributed by atoms with Gasteiger partial charge in [0.25, 0.3) is 0 Å². The van der Waals surface area contributed by atoms with Gasteiger partial charge in [-0.15, -0.1) is 0 Å². The fourth-order valence-corrected chi connectivity index (χ4v) is 5.07. The van der Waals surface area contributed by atoms with E-state index < -0.39 is 73.6 Å². The van der Waals surface area contributed by atoms with Crippen LogP contribution in [0, 0.1) is 11.3 Å². The first kappa shape index (κ1) is 24.4. The van der Waals surface area contributed by atoms with Gasteiger partial charge in [-0.3, -0.25) is 4.79 Å². The Morgan fingerprint density at radius 2 is 1.79 bits per heavy atom. The second-order valence-corrected chi connectivity index (χ2v) is 9.11. The number of carbonyl (C=O) groups is 1. The van der Waals surface area contributed by atoms with Gasteiger partial charge >= 0.3 is 12.4 Å². The van der Waals surface area contributed by atoms with Gasteiger partial charge in [0.15, 0.2) is 15.5 Å². The van der Waals surface area contributed by atoms with Crippen LogP contribution in [-0.4, -0.2) is 42.1 Å². The summed E-state index contributed by atoms with van der Waals surface area (Å²) in [6.07, 6.45) is -10.3. The van der Waals surface area contributed by atoms with Crippen molar-refractivity contribution in [3.63, 3.8) is 0 Å². The molecule has 1 aliphatic rings. The van der Waals surface area contributed by atoms with Gasteiger partial charge in [-0.05, 0) is 18.6 Å². The maximum atomic E-state index is 13.2. The van der Waals surface area contributed by atoms with Crippen molar-refractivity contribution >= 4 is 21.6 Å². The minimum atomic E-state index is -4.93. The molecule has 2 aromatic rings. The molecule has 0 spiro atoms. The zero-order valence-electron chi connectivity index (χ0n) is 16.2. The first-order valence-electron chi connectivity index (χ1n) is 9.04. The summed E-state index contributed by atoms with van der Waals surface area (Å²) in [6, 6.07) is 4.07. The van der Waals surface area contributed by atoms with Gasteiger partial charge < -0.3 is 10.6 Å². The summed E-state index contributed by atoms with van der Waals surface area (Å²) < 4.78 is 104. The molecule has 1 amide bonds. The van der Waals surface area contributed by atoms with Crippen LogP contribution in [0.25, 0.3) is 0 Å². The number of amides is 1. The van der Waals surface area contributed by atoms with Gasteiger partial charge in [0, 0.05) is 12.6 Å². The van der Waals surface area contributed by atoms with Gasteiger partial charge in [-0.1, -0.05) is 12.1 Å². The summed E-state index contributed by atoms with van der Waals surface area (Å²) in [7, 11) is -4.51. The minimum Gasteiger partial charge on any atom is -0.309 e. The number of nitrogens with one attached hydrogen (secondary N) is 2. The van der Waals surface area contributed by atoms with Crippen LogP contribution in [0.2, 0.25) is 0 Å². The highest BCUT2D eigenvalue weighted by atomic mass is 32.2. The van der Waals surface area contributed by atoms with Crippen molar-refractivity contribution in [3.8, 4) is 6.07 Å². The molecule has 0 aliphatic carbocycles. The lowest BCUT2D eigenvalue weighted by atomic mass is 10.2. The minimum absolute atomic E-state index is 0.367. The maximum absolute atomic E-state index is 13.2. The lowest BCUT2D eigenvalue weighted by molar-refractivity contribution is -0.141. The molecule has 15 heteroatoms. The molecule has 1 saturated heterocycles. The Bertz CT molecular complexity index is 1220. The Balaban J connectivity index is 1.80. The molecule has 0 bridgehead atoms. The monoisotopic (exact) mass is 493 g/mol. The van der Waals surface area contributed by atoms with Gasteiger partial charge in [0.1, 0.15) is 11.9 Å². The fourth-order valence-electron chi connectivity index (χ4n) is 3.19. The SMILES string of the molecule is N#Cc1nc(NC(=O)C2C[C@H](S(=O)(=O)c3ccccc3C(F)(F)F)CN2)cc(C(F)(F)F)n1. The third-order valence-electron chi connectivity index (χ3n) is 4.71. The number of halogens is 6. The first-order valence-corrected chi connectivity index (χ1v) is 10.6. The highest BCUT2D eigenvalue weighted by Crippen LogP contribution is 2.36. The van der Waals surface area contributed by atoms with E-state index in [0.29, 0.717) is 12.1 Å².